The molecule has 31 heavy (non-hydrogen) atoms. The number of aryl methyl sites for hydroxylation is 1. The summed E-state index contributed by atoms with van der Waals surface area (Å²) in [6.45, 7) is 0.225. The maximum absolute atomic E-state index is 12.6. The lowest BCUT2D eigenvalue weighted by atomic mass is 9.96. The smallest absolute Gasteiger partial charge is 0.309 e. The summed E-state index contributed by atoms with van der Waals surface area (Å²) < 4.78 is 37.1. The molecule has 1 aromatic heterocycles. The van der Waals surface area contributed by atoms with Crippen LogP contribution < -0.4 is 5.48 Å². The van der Waals surface area contributed by atoms with Gasteiger partial charge in [0.1, 0.15) is 12.6 Å². The zero-order chi connectivity index (χ0) is 22.1. The van der Waals surface area contributed by atoms with Crippen LogP contribution in [-0.2, 0) is 38.0 Å². The molecule has 5 heterocycles. The van der Waals surface area contributed by atoms with E-state index in [-0.39, 0.29) is 13.2 Å². The van der Waals surface area contributed by atoms with Gasteiger partial charge >= 0.3 is 16.4 Å². The van der Waals surface area contributed by atoms with Crippen LogP contribution in [0, 0.1) is 0 Å². The Balaban J connectivity index is 1.21. The highest BCUT2D eigenvalue weighted by molar-refractivity contribution is 7.80. The molecule has 4 atom stereocenters. The lowest BCUT2D eigenvalue weighted by Gasteiger charge is -2.28. The van der Waals surface area contributed by atoms with Gasteiger partial charge in [-0.1, -0.05) is 0 Å². The van der Waals surface area contributed by atoms with Crippen molar-refractivity contribution < 1.29 is 31.7 Å². The van der Waals surface area contributed by atoms with E-state index in [1.165, 1.54) is 16.2 Å². The second-order valence-electron chi connectivity index (χ2n) is 8.41. The van der Waals surface area contributed by atoms with Crippen LogP contribution in [-0.4, -0.2) is 75.2 Å². The number of urea groups is 1. The third kappa shape index (κ3) is 3.29. The van der Waals surface area contributed by atoms with Crippen LogP contribution in [0.15, 0.2) is 0 Å². The minimum atomic E-state index is -4.83. The number of rotatable bonds is 6. The summed E-state index contributed by atoms with van der Waals surface area (Å²) in [6.07, 6.45) is 2.83. The number of amides is 3. The average molecular weight is 456 g/mol. The van der Waals surface area contributed by atoms with Crippen molar-refractivity contribution in [3.05, 3.63) is 17.0 Å². The second-order valence-corrected chi connectivity index (χ2v) is 9.41. The quantitative estimate of drug-likeness (QED) is 0.438. The molecule has 5 rings (SSSR count). The second kappa shape index (κ2) is 7.13. The highest BCUT2D eigenvalue weighted by atomic mass is 32.3. The Hall–Kier alpha value is -2.26. The van der Waals surface area contributed by atoms with Gasteiger partial charge in [-0.2, -0.15) is 18.6 Å². The van der Waals surface area contributed by atoms with Gasteiger partial charge in [-0.05, 0) is 32.7 Å². The van der Waals surface area contributed by atoms with Crippen LogP contribution in [0.2, 0.25) is 0 Å². The van der Waals surface area contributed by atoms with Gasteiger partial charge in [0.25, 0.3) is 5.91 Å². The highest BCUT2D eigenvalue weighted by Crippen LogP contribution is 2.52. The Morgan fingerprint density at radius 2 is 1.97 bits per heavy atom. The highest BCUT2D eigenvalue weighted by Gasteiger charge is 2.49. The van der Waals surface area contributed by atoms with Gasteiger partial charge in [0.2, 0.25) is 0 Å². The number of fused-ring (bicyclic) bond motifs is 7. The average Bonchev–Trinajstić information content (AvgIpc) is 3.38. The molecule has 1 aromatic rings. The molecule has 4 aliphatic rings. The number of nitrogens with one attached hydrogen (secondary N) is 1. The fraction of sp³-hybridized carbons (Fsp3) is 0.706. The van der Waals surface area contributed by atoms with Crippen molar-refractivity contribution in [2.45, 2.75) is 56.5 Å². The van der Waals surface area contributed by atoms with Crippen LogP contribution in [0.3, 0.4) is 0 Å². The van der Waals surface area contributed by atoms with Crippen molar-refractivity contribution in [3.63, 3.8) is 0 Å². The van der Waals surface area contributed by atoms with Gasteiger partial charge in [0.15, 0.2) is 0 Å². The van der Waals surface area contributed by atoms with Crippen LogP contribution >= 0.6 is 0 Å². The molecule has 3 saturated heterocycles. The van der Waals surface area contributed by atoms with E-state index in [4.69, 9.17) is 9.39 Å². The van der Waals surface area contributed by atoms with E-state index in [2.05, 4.69) is 26.8 Å². The number of nitrogens with zero attached hydrogens (tertiary/aromatic N) is 5. The van der Waals surface area contributed by atoms with Crippen molar-refractivity contribution >= 4 is 22.3 Å². The zero-order valence-corrected chi connectivity index (χ0v) is 17.9. The Morgan fingerprint density at radius 3 is 2.71 bits per heavy atom. The Morgan fingerprint density at radius 1 is 1.23 bits per heavy atom. The molecule has 13 nitrogen and oxygen atoms in total. The molecule has 170 valence electrons. The standard InChI is InChI=1S/C17H24N6O7S/c1-20-11-5-6-12(20)15-14(11)10(18-21(15)2)8-29-19-16(24)13-4-3-9-7-22(13)17(25)23(9)30-31(26,27)28/h9,11-13H,3-8H2,1-2H3,(H,19,24)(H,26,27,28). The number of aromatic nitrogens is 2. The van der Waals surface area contributed by atoms with Gasteiger partial charge < -0.3 is 4.90 Å². The Bertz CT molecular complexity index is 1040. The topological polar surface area (TPSA) is 147 Å². The molecular weight excluding hydrogens is 432 g/mol. The monoisotopic (exact) mass is 456 g/mol. The normalized spacial score (nSPS) is 29.7. The summed E-state index contributed by atoms with van der Waals surface area (Å²) >= 11 is 0. The van der Waals surface area contributed by atoms with Crippen LogP contribution in [0.5, 0.6) is 0 Å². The fourth-order valence-electron chi connectivity index (χ4n) is 5.44. The van der Waals surface area contributed by atoms with Crippen LogP contribution in [0.4, 0.5) is 4.79 Å². The summed E-state index contributed by atoms with van der Waals surface area (Å²) in [5, 5.41) is 5.16. The zero-order valence-electron chi connectivity index (χ0n) is 17.1. The number of hydrogen-bond acceptors (Lipinski definition) is 8. The fourth-order valence-corrected chi connectivity index (χ4v) is 5.83. The third-order valence-corrected chi connectivity index (χ3v) is 7.08. The molecule has 0 aromatic carbocycles. The van der Waals surface area contributed by atoms with Crippen molar-refractivity contribution in [2.24, 2.45) is 7.05 Å². The maximum Gasteiger partial charge on any atom is 0.418 e. The Labute approximate surface area is 178 Å². The third-order valence-electron chi connectivity index (χ3n) is 6.73. The number of piperidine rings is 1. The van der Waals surface area contributed by atoms with E-state index < -0.39 is 34.4 Å². The molecule has 0 saturated carbocycles. The van der Waals surface area contributed by atoms with Gasteiger partial charge in [-0.3, -0.25) is 23.8 Å². The summed E-state index contributed by atoms with van der Waals surface area (Å²) in [6, 6.07) is -1.49. The summed E-state index contributed by atoms with van der Waals surface area (Å²) in [5.41, 5.74) is 5.55. The molecular formula is C17H24N6O7S. The number of carbonyl (C=O) groups excluding carboxylic acids is 2. The van der Waals surface area contributed by atoms with Gasteiger partial charge in [0, 0.05) is 25.2 Å². The first-order valence-corrected chi connectivity index (χ1v) is 11.5. The van der Waals surface area contributed by atoms with E-state index in [0.717, 1.165) is 18.5 Å². The predicted molar refractivity (Wildman–Crippen MR) is 102 cm³/mol. The van der Waals surface area contributed by atoms with Gasteiger partial charge in [-0.15, -0.1) is 4.28 Å². The summed E-state index contributed by atoms with van der Waals surface area (Å²) in [7, 11) is -0.817. The first kappa shape index (κ1) is 20.6. The molecule has 2 N–H and O–H groups in total. The lowest BCUT2D eigenvalue weighted by molar-refractivity contribution is -0.140. The van der Waals surface area contributed by atoms with Gasteiger partial charge in [0.05, 0.1) is 23.5 Å². The van der Waals surface area contributed by atoms with E-state index >= 15 is 0 Å². The lowest BCUT2D eigenvalue weighted by Crippen LogP contribution is -2.49. The molecule has 3 fully saturated rings. The first-order valence-electron chi connectivity index (χ1n) is 10.1. The summed E-state index contributed by atoms with van der Waals surface area (Å²) in [5.74, 6) is -0.508. The van der Waals surface area contributed by atoms with Crippen molar-refractivity contribution in [1.82, 2.24) is 30.1 Å². The van der Waals surface area contributed by atoms with E-state index in [1.807, 2.05) is 11.7 Å². The molecule has 0 aliphatic carbocycles. The maximum atomic E-state index is 12.6. The van der Waals surface area contributed by atoms with E-state index in [9.17, 15) is 18.0 Å². The van der Waals surface area contributed by atoms with Crippen LogP contribution in [0.25, 0.3) is 0 Å². The van der Waals surface area contributed by atoms with Gasteiger partial charge in [-0.25, -0.2) is 10.3 Å². The molecule has 3 amide bonds. The molecule has 0 spiro atoms. The number of hydrogen-bond donors (Lipinski definition) is 2. The van der Waals surface area contributed by atoms with Crippen LogP contribution in [0.1, 0.15) is 54.7 Å². The predicted octanol–water partition coefficient (Wildman–Crippen LogP) is -0.208. The van der Waals surface area contributed by atoms with E-state index in [1.54, 1.807) is 0 Å². The minimum Gasteiger partial charge on any atom is -0.309 e. The molecule has 4 unspecified atom stereocenters. The first-order chi connectivity index (χ1) is 14.7. The Kier molecular flexibility index (Phi) is 4.75. The van der Waals surface area contributed by atoms with Crippen molar-refractivity contribution in [2.75, 3.05) is 13.6 Å². The molecule has 4 aliphatic heterocycles. The molecule has 0 radical (unpaired) electrons. The molecule has 14 heteroatoms. The number of carbonyl (C=O) groups is 2. The largest absolute Gasteiger partial charge is 0.418 e. The molecule has 4 bridgehead atoms. The minimum absolute atomic E-state index is 0.104. The van der Waals surface area contributed by atoms with Crippen molar-refractivity contribution in [3.8, 4) is 0 Å². The van der Waals surface area contributed by atoms with E-state index in [0.29, 0.717) is 30.0 Å². The number of hydroxylamine groups is 3. The van der Waals surface area contributed by atoms with Crippen molar-refractivity contribution in [1.29, 1.82) is 0 Å². The SMILES string of the molecule is CN1C2CCC1c1c2c(CONC(=O)C2CCC3CN2C(=O)N3OS(=O)(=O)O)nn1C. The summed E-state index contributed by atoms with van der Waals surface area (Å²) in [4.78, 5) is 34.1.